The Morgan fingerprint density at radius 1 is 1.46 bits per heavy atom. The molecule has 1 fully saturated rings. The maximum Gasteiger partial charge on any atom is 0.323 e. The minimum atomic E-state index is -1.13. The number of carbonyl (C=O) groups is 3. The molecule has 1 atom stereocenters. The Morgan fingerprint density at radius 3 is 2.46 bits per heavy atom. The lowest BCUT2D eigenvalue weighted by atomic mass is 10.1. The minimum Gasteiger partial charge on any atom is -0.481 e. The van der Waals surface area contributed by atoms with Crippen molar-refractivity contribution in [3.05, 3.63) is 0 Å². The zero-order chi connectivity index (χ0) is 10.0. The second-order valence-corrected chi connectivity index (χ2v) is 2.91. The maximum absolute atomic E-state index is 11.0. The third-order valence-electron chi connectivity index (χ3n) is 1.89. The Kier molecular flexibility index (Phi) is 2.50. The van der Waals surface area contributed by atoms with Crippen molar-refractivity contribution in [1.29, 1.82) is 0 Å². The van der Waals surface area contributed by atoms with Crippen LogP contribution in [0, 0.1) is 5.92 Å². The zero-order valence-electron chi connectivity index (χ0n) is 6.77. The van der Waals surface area contributed by atoms with Gasteiger partial charge < -0.3 is 15.1 Å². The molecule has 0 unspecified atom stereocenters. The molecule has 72 valence electrons. The van der Waals surface area contributed by atoms with Crippen molar-refractivity contribution in [2.24, 2.45) is 5.92 Å². The number of amides is 1. The van der Waals surface area contributed by atoms with Crippen molar-refractivity contribution in [1.82, 2.24) is 4.90 Å². The quantitative estimate of drug-likeness (QED) is 0.591. The molecular weight excluding hydrogens is 178 g/mol. The van der Waals surface area contributed by atoms with Crippen LogP contribution in [0.25, 0.3) is 0 Å². The molecule has 6 nitrogen and oxygen atoms in total. The molecule has 0 spiro atoms. The molecule has 0 aromatic carbocycles. The van der Waals surface area contributed by atoms with Gasteiger partial charge in [-0.3, -0.25) is 14.4 Å². The first-order chi connectivity index (χ1) is 6.00. The Bertz CT molecular complexity index is 262. The normalized spacial score (nSPS) is 22.0. The summed E-state index contributed by atoms with van der Waals surface area (Å²) in [6.45, 7) is -0.414. The molecule has 0 bridgehead atoms. The zero-order valence-corrected chi connectivity index (χ0v) is 6.77. The van der Waals surface area contributed by atoms with Gasteiger partial charge in [0.2, 0.25) is 5.91 Å². The molecule has 2 N–H and O–H groups in total. The van der Waals surface area contributed by atoms with Gasteiger partial charge in [-0.25, -0.2) is 0 Å². The third-order valence-corrected chi connectivity index (χ3v) is 1.89. The Morgan fingerprint density at radius 2 is 2.08 bits per heavy atom. The number of aliphatic carboxylic acids is 2. The summed E-state index contributed by atoms with van der Waals surface area (Å²) in [5.41, 5.74) is 0. The van der Waals surface area contributed by atoms with E-state index in [0.717, 1.165) is 4.90 Å². The number of carbonyl (C=O) groups excluding carboxylic acids is 1. The van der Waals surface area contributed by atoms with Crippen molar-refractivity contribution in [3.8, 4) is 0 Å². The van der Waals surface area contributed by atoms with Crippen LogP contribution in [0.4, 0.5) is 0 Å². The Hall–Kier alpha value is -1.59. The molecule has 0 radical (unpaired) electrons. The fraction of sp³-hybridized carbons (Fsp3) is 0.571. The lowest BCUT2D eigenvalue weighted by Gasteiger charge is -2.11. The van der Waals surface area contributed by atoms with Crippen molar-refractivity contribution < 1.29 is 24.6 Å². The van der Waals surface area contributed by atoms with Gasteiger partial charge >= 0.3 is 11.9 Å². The number of carboxylic acid groups (broad SMARTS) is 2. The van der Waals surface area contributed by atoms with E-state index in [2.05, 4.69) is 0 Å². The summed E-state index contributed by atoms with van der Waals surface area (Å²) < 4.78 is 0. The van der Waals surface area contributed by atoms with Gasteiger partial charge in [0.15, 0.2) is 0 Å². The number of carboxylic acids is 2. The van der Waals surface area contributed by atoms with E-state index in [0.29, 0.717) is 0 Å². The molecule has 1 rings (SSSR count). The first-order valence-electron chi connectivity index (χ1n) is 3.73. The van der Waals surface area contributed by atoms with E-state index in [1.165, 1.54) is 0 Å². The van der Waals surface area contributed by atoms with Crippen LogP contribution in [-0.4, -0.2) is 46.0 Å². The number of rotatable bonds is 3. The van der Waals surface area contributed by atoms with Gasteiger partial charge in [-0.1, -0.05) is 0 Å². The molecule has 0 aromatic rings. The second kappa shape index (κ2) is 3.42. The topological polar surface area (TPSA) is 94.9 Å². The first-order valence-corrected chi connectivity index (χ1v) is 3.73. The first kappa shape index (κ1) is 9.50. The van der Waals surface area contributed by atoms with Crippen LogP contribution in [-0.2, 0) is 14.4 Å². The minimum absolute atomic E-state index is 0.000463. The molecule has 0 aromatic heterocycles. The number of hydrogen-bond donors (Lipinski definition) is 2. The highest BCUT2D eigenvalue weighted by molar-refractivity contribution is 5.88. The van der Waals surface area contributed by atoms with E-state index in [1.54, 1.807) is 0 Å². The summed E-state index contributed by atoms with van der Waals surface area (Å²) in [5.74, 6) is -3.35. The van der Waals surface area contributed by atoms with E-state index in [4.69, 9.17) is 10.2 Å². The number of likely N-dealkylation sites (tertiary alicyclic amines) is 1. The van der Waals surface area contributed by atoms with Crippen LogP contribution in [0.1, 0.15) is 6.42 Å². The van der Waals surface area contributed by atoms with Crippen LogP contribution < -0.4 is 0 Å². The van der Waals surface area contributed by atoms with Crippen molar-refractivity contribution in [2.75, 3.05) is 13.1 Å². The molecular formula is C7H9NO5. The van der Waals surface area contributed by atoms with Crippen LogP contribution in [0.2, 0.25) is 0 Å². The molecule has 1 heterocycles. The highest BCUT2D eigenvalue weighted by Crippen LogP contribution is 2.17. The molecule has 6 heteroatoms. The largest absolute Gasteiger partial charge is 0.481 e. The lowest BCUT2D eigenvalue weighted by molar-refractivity contribution is -0.143. The Labute approximate surface area is 73.8 Å². The van der Waals surface area contributed by atoms with Crippen LogP contribution in [0.15, 0.2) is 0 Å². The molecule has 1 saturated heterocycles. The molecule has 1 aliphatic heterocycles. The lowest BCUT2D eigenvalue weighted by Crippen LogP contribution is -2.31. The fourth-order valence-corrected chi connectivity index (χ4v) is 1.25. The van der Waals surface area contributed by atoms with E-state index in [-0.39, 0.29) is 13.0 Å². The van der Waals surface area contributed by atoms with E-state index in [1.807, 2.05) is 0 Å². The predicted octanol–water partition coefficient (Wildman–Crippen LogP) is -0.996. The van der Waals surface area contributed by atoms with E-state index in [9.17, 15) is 14.4 Å². The molecule has 1 amide bonds. The highest BCUT2D eigenvalue weighted by Gasteiger charge is 2.34. The van der Waals surface area contributed by atoms with Crippen molar-refractivity contribution in [2.45, 2.75) is 6.42 Å². The summed E-state index contributed by atoms with van der Waals surface area (Å²) in [4.78, 5) is 32.8. The summed E-state index contributed by atoms with van der Waals surface area (Å²) in [5, 5.41) is 16.9. The molecule has 0 saturated carbocycles. The SMILES string of the molecule is O=C(O)CN1C[C@@H](C(=O)O)CC1=O. The fourth-order valence-electron chi connectivity index (χ4n) is 1.25. The van der Waals surface area contributed by atoms with Gasteiger partial charge in [0.25, 0.3) is 0 Å². The van der Waals surface area contributed by atoms with E-state index >= 15 is 0 Å². The molecule has 0 aliphatic carbocycles. The van der Waals surface area contributed by atoms with Gasteiger partial charge in [-0.15, -0.1) is 0 Å². The second-order valence-electron chi connectivity index (χ2n) is 2.91. The van der Waals surface area contributed by atoms with Crippen molar-refractivity contribution >= 4 is 17.8 Å². The Balaban J connectivity index is 2.56. The van der Waals surface area contributed by atoms with Gasteiger partial charge in [-0.05, 0) is 0 Å². The molecule has 1 aliphatic rings. The monoisotopic (exact) mass is 187 g/mol. The summed E-state index contributed by atoms with van der Waals surface area (Å²) >= 11 is 0. The van der Waals surface area contributed by atoms with Crippen LogP contribution in [0.3, 0.4) is 0 Å². The summed E-state index contributed by atoms with van der Waals surface area (Å²) in [6, 6.07) is 0. The van der Waals surface area contributed by atoms with Crippen molar-refractivity contribution in [3.63, 3.8) is 0 Å². The van der Waals surface area contributed by atoms with Crippen LogP contribution in [0.5, 0.6) is 0 Å². The smallest absolute Gasteiger partial charge is 0.323 e. The van der Waals surface area contributed by atoms with Gasteiger partial charge in [0, 0.05) is 13.0 Å². The van der Waals surface area contributed by atoms with Gasteiger partial charge in [0.05, 0.1) is 5.92 Å². The van der Waals surface area contributed by atoms with E-state index < -0.39 is 30.3 Å². The van der Waals surface area contributed by atoms with Crippen LogP contribution >= 0.6 is 0 Å². The number of hydrogen-bond acceptors (Lipinski definition) is 3. The number of nitrogens with zero attached hydrogens (tertiary/aromatic N) is 1. The third kappa shape index (κ3) is 2.17. The van der Waals surface area contributed by atoms with Gasteiger partial charge in [-0.2, -0.15) is 0 Å². The summed E-state index contributed by atoms with van der Waals surface area (Å²) in [7, 11) is 0. The standard InChI is InChI=1S/C7H9NO5/c9-5-1-4(7(12)13)2-8(5)3-6(10)11/h4H,1-3H2,(H,10,11)(H,12,13)/t4-/m0/s1. The average Bonchev–Trinajstić information content (AvgIpc) is 2.31. The summed E-state index contributed by atoms with van der Waals surface area (Å²) in [6.07, 6.45) is -0.0946. The van der Waals surface area contributed by atoms with Gasteiger partial charge in [0.1, 0.15) is 6.54 Å². The average molecular weight is 187 g/mol. The molecule has 13 heavy (non-hydrogen) atoms. The maximum atomic E-state index is 11.0. The predicted molar refractivity (Wildman–Crippen MR) is 40.0 cm³/mol. The highest BCUT2D eigenvalue weighted by atomic mass is 16.4.